The van der Waals surface area contributed by atoms with Gasteiger partial charge < -0.3 is 15.2 Å². The van der Waals surface area contributed by atoms with Crippen LogP contribution >= 0.6 is 11.6 Å². The Labute approximate surface area is 124 Å². The van der Waals surface area contributed by atoms with Gasteiger partial charge in [-0.05, 0) is 23.3 Å². The lowest BCUT2D eigenvalue weighted by Crippen LogP contribution is -2.13. The number of methoxy groups -OCH3 is 1. The molecule has 4 heteroatoms. The fourth-order valence-electron chi connectivity index (χ4n) is 2.00. The number of aliphatic hydroxyl groups is 1. The van der Waals surface area contributed by atoms with Gasteiger partial charge in [0, 0.05) is 23.7 Å². The van der Waals surface area contributed by atoms with Gasteiger partial charge in [-0.15, -0.1) is 0 Å². The molecular weight excluding hydrogens is 274 g/mol. The lowest BCUT2D eigenvalue weighted by molar-refractivity contribution is 0.282. The van der Waals surface area contributed by atoms with Crippen LogP contribution in [0, 0.1) is 0 Å². The second-order valence-corrected chi connectivity index (χ2v) is 4.91. The lowest BCUT2D eigenvalue weighted by Gasteiger charge is -2.11. The number of ether oxygens (including phenoxy) is 1. The van der Waals surface area contributed by atoms with Crippen molar-refractivity contribution in [2.75, 3.05) is 7.11 Å². The first-order valence-electron chi connectivity index (χ1n) is 6.45. The number of hydrogen-bond donors (Lipinski definition) is 2. The summed E-state index contributed by atoms with van der Waals surface area (Å²) in [4.78, 5) is 0. The van der Waals surface area contributed by atoms with Crippen molar-refractivity contribution in [2.45, 2.75) is 19.7 Å². The number of halogens is 1. The zero-order valence-electron chi connectivity index (χ0n) is 11.4. The second-order valence-electron chi connectivity index (χ2n) is 4.50. The minimum Gasteiger partial charge on any atom is -0.496 e. The van der Waals surface area contributed by atoms with Crippen LogP contribution in [0.15, 0.2) is 42.5 Å². The van der Waals surface area contributed by atoms with E-state index in [4.69, 9.17) is 21.4 Å². The number of nitrogens with one attached hydrogen (secondary N) is 1. The fraction of sp³-hybridized carbons (Fsp3) is 0.250. The molecule has 0 aliphatic heterocycles. The van der Waals surface area contributed by atoms with Gasteiger partial charge in [0.25, 0.3) is 0 Å². The molecule has 0 atom stereocenters. The van der Waals surface area contributed by atoms with Crippen LogP contribution in [-0.2, 0) is 19.7 Å². The van der Waals surface area contributed by atoms with E-state index in [-0.39, 0.29) is 6.61 Å². The Balaban J connectivity index is 1.95. The van der Waals surface area contributed by atoms with Gasteiger partial charge in [-0.25, -0.2) is 0 Å². The Kier molecular flexibility index (Phi) is 5.41. The molecule has 2 N–H and O–H groups in total. The van der Waals surface area contributed by atoms with Crippen LogP contribution in [0.2, 0.25) is 5.02 Å². The van der Waals surface area contributed by atoms with Crippen molar-refractivity contribution in [3.05, 3.63) is 64.2 Å². The highest BCUT2D eigenvalue weighted by molar-refractivity contribution is 6.31. The molecular formula is C16H18ClNO2. The monoisotopic (exact) mass is 291 g/mol. The van der Waals surface area contributed by atoms with Crippen LogP contribution in [0.5, 0.6) is 5.75 Å². The summed E-state index contributed by atoms with van der Waals surface area (Å²) in [7, 11) is 1.64. The molecule has 2 aromatic rings. The molecule has 0 bridgehead atoms. The van der Waals surface area contributed by atoms with E-state index in [1.54, 1.807) is 7.11 Å². The highest BCUT2D eigenvalue weighted by Crippen LogP contribution is 2.25. The Morgan fingerprint density at radius 1 is 1.05 bits per heavy atom. The smallest absolute Gasteiger partial charge is 0.124 e. The zero-order chi connectivity index (χ0) is 14.4. The molecule has 2 aromatic carbocycles. The molecule has 0 unspecified atom stereocenters. The van der Waals surface area contributed by atoms with Crippen LogP contribution < -0.4 is 10.1 Å². The van der Waals surface area contributed by atoms with Crippen molar-refractivity contribution in [1.82, 2.24) is 5.32 Å². The Hall–Kier alpha value is -1.55. The van der Waals surface area contributed by atoms with Gasteiger partial charge in [-0.2, -0.15) is 0 Å². The average molecular weight is 292 g/mol. The minimum absolute atomic E-state index is 0.0739. The topological polar surface area (TPSA) is 41.5 Å². The molecule has 2 rings (SSSR count). The van der Waals surface area contributed by atoms with Crippen LogP contribution in [0.4, 0.5) is 0 Å². The molecule has 20 heavy (non-hydrogen) atoms. The van der Waals surface area contributed by atoms with Crippen LogP contribution in [0.25, 0.3) is 0 Å². The maximum Gasteiger partial charge on any atom is 0.124 e. The molecule has 0 radical (unpaired) electrons. The minimum atomic E-state index is 0.0739. The molecule has 0 saturated heterocycles. The van der Waals surface area contributed by atoms with Gasteiger partial charge in [0.1, 0.15) is 5.75 Å². The van der Waals surface area contributed by atoms with Gasteiger partial charge in [-0.1, -0.05) is 41.9 Å². The van der Waals surface area contributed by atoms with Crippen LogP contribution in [0.3, 0.4) is 0 Å². The maximum atomic E-state index is 9.00. The van der Waals surface area contributed by atoms with E-state index in [0.717, 1.165) is 29.0 Å². The van der Waals surface area contributed by atoms with Gasteiger partial charge in [-0.3, -0.25) is 0 Å². The zero-order valence-corrected chi connectivity index (χ0v) is 12.2. The first-order valence-corrected chi connectivity index (χ1v) is 6.83. The van der Waals surface area contributed by atoms with Crippen LogP contribution in [-0.4, -0.2) is 12.2 Å². The normalized spacial score (nSPS) is 10.6. The summed E-state index contributed by atoms with van der Waals surface area (Å²) in [5, 5.41) is 13.0. The number of rotatable bonds is 6. The molecule has 0 saturated carbocycles. The van der Waals surface area contributed by atoms with Gasteiger partial charge in [0.2, 0.25) is 0 Å². The Morgan fingerprint density at radius 3 is 2.40 bits per heavy atom. The third-order valence-corrected chi connectivity index (χ3v) is 3.49. The SMILES string of the molecule is COc1cccc(Cl)c1CNCc1ccc(CO)cc1. The number of hydrogen-bond acceptors (Lipinski definition) is 3. The largest absolute Gasteiger partial charge is 0.496 e. The quantitative estimate of drug-likeness (QED) is 0.859. The van der Waals surface area contributed by atoms with E-state index in [9.17, 15) is 0 Å². The highest BCUT2D eigenvalue weighted by Gasteiger charge is 2.06. The van der Waals surface area contributed by atoms with Crippen molar-refractivity contribution in [3.63, 3.8) is 0 Å². The van der Waals surface area contributed by atoms with E-state index >= 15 is 0 Å². The average Bonchev–Trinajstić information content (AvgIpc) is 2.49. The molecule has 0 amide bonds. The van der Waals surface area contributed by atoms with Gasteiger partial charge >= 0.3 is 0 Å². The first kappa shape index (κ1) is 14.9. The van der Waals surface area contributed by atoms with Crippen molar-refractivity contribution in [3.8, 4) is 5.75 Å². The number of aliphatic hydroxyl groups excluding tert-OH is 1. The Bertz CT molecular complexity index is 555. The summed E-state index contributed by atoms with van der Waals surface area (Å²) in [6.07, 6.45) is 0. The molecule has 0 aliphatic rings. The van der Waals surface area contributed by atoms with Crippen molar-refractivity contribution in [2.24, 2.45) is 0 Å². The Morgan fingerprint density at radius 2 is 1.75 bits per heavy atom. The van der Waals surface area contributed by atoms with E-state index < -0.39 is 0 Å². The van der Waals surface area contributed by atoms with E-state index in [1.165, 1.54) is 0 Å². The lowest BCUT2D eigenvalue weighted by atomic mass is 10.1. The predicted octanol–water partition coefficient (Wildman–Crippen LogP) is 3.13. The van der Waals surface area contributed by atoms with Gasteiger partial charge in [0.05, 0.1) is 13.7 Å². The van der Waals surface area contributed by atoms with Crippen LogP contribution in [0.1, 0.15) is 16.7 Å². The third kappa shape index (κ3) is 3.73. The summed E-state index contributed by atoms with van der Waals surface area (Å²) < 4.78 is 5.31. The summed E-state index contributed by atoms with van der Waals surface area (Å²) >= 11 is 6.18. The molecule has 106 valence electrons. The van der Waals surface area contributed by atoms with E-state index in [2.05, 4.69) is 5.32 Å². The summed E-state index contributed by atoms with van der Waals surface area (Å²) in [5.41, 5.74) is 3.04. The molecule has 0 fully saturated rings. The summed E-state index contributed by atoms with van der Waals surface area (Å²) in [5.74, 6) is 0.792. The van der Waals surface area contributed by atoms with Crippen molar-refractivity contribution >= 4 is 11.6 Å². The third-order valence-electron chi connectivity index (χ3n) is 3.13. The molecule has 0 aliphatic carbocycles. The maximum absolute atomic E-state index is 9.00. The van der Waals surface area contributed by atoms with E-state index in [1.807, 2.05) is 42.5 Å². The molecule has 0 aromatic heterocycles. The molecule has 0 heterocycles. The standard InChI is InChI=1S/C16H18ClNO2/c1-20-16-4-2-3-15(17)14(16)10-18-9-12-5-7-13(11-19)8-6-12/h2-8,18-19H,9-11H2,1H3. The molecule has 3 nitrogen and oxygen atoms in total. The number of benzene rings is 2. The molecule has 0 spiro atoms. The highest BCUT2D eigenvalue weighted by atomic mass is 35.5. The van der Waals surface area contributed by atoms with Gasteiger partial charge in [0.15, 0.2) is 0 Å². The van der Waals surface area contributed by atoms with E-state index in [0.29, 0.717) is 11.6 Å². The van der Waals surface area contributed by atoms with Crippen molar-refractivity contribution in [1.29, 1.82) is 0 Å². The summed E-state index contributed by atoms with van der Waals surface area (Å²) in [6.45, 7) is 1.45. The van der Waals surface area contributed by atoms with Crippen molar-refractivity contribution < 1.29 is 9.84 Å². The summed E-state index contributed by atoms with van der Waals surface area (Å²) in [6, 6.07) is 13.5. The predicted molar refractivity (Wildman–Crippen MR) is 80.9 cm³/mol. The second kappa shape index (κ2) is 7.29. The first-order chi connectivity index (χ1) is 9.74. The fourth-order valence-corrected chi connectivity index (χ4v) is 2.23.